The monoisotopic (exact) mass is 266 g/mol. The Balaban J connectivity index is -0.0000000900. The van der Waals surface area contributed by atoms with Crippen molar-refractivity contribution >= 4 is 20.4 Å². The third-order valence-corrected chi connectivity index (χ3v) is 1.79. The van der Waals surface area contributed by atoms with Crippen molar-refractivity contribution in [2.24, 2.45) is 0 Å². The number of allylic oxidation sites excluding steroid dienone is 4. The maximum Gasteiger partial charge on any atom is 0.106 e. The second-order valence-electron chi connectivity index (χ2n) is 2.30. The van der Waals surface area contributed by atoms with Crippen molar-refractivity contribution in [1.29, 1.82) is 0 Å². The van der Waals surface area contributed by atoms with Crippen molar-refractivity contribution < 1.29 is 31.5 Å². The van der Waals surface area contributed by atoms with E-state index in [0.29, 0.717) is 0 Å². The zero-order valence-electron chi connectivity index (χ0n) is 9.92. The van der Waals surface area contributed by atoms with Gasteiger partial charge in [0.2, 0.25) is 0 Å². The van der Waals surface area contributed by atoms with Gasteiger partial charge in [0.1, 0.15) is 20.4 Å². The minimum absolute atomic E-state index is 0. The maximum atomic E-state index is 8.00. The van der Waals surface area contributed by atoms with Crippen LogP contribution in [0.25, 0.3) is 0 Å². The van der Waals surface area contributed by atoms with Gasteiger partial charge in [0.05, 0.1) is 0 Å². The van der Waals surface area contributed by atoms with Crippen LogP contribution in [0, 0.1) is 6.08 Å². The van der Waals surface area contributed by atoms with Gasteiger partial charge < -0.3 is 14.4 Å². The van der Waals surface area contributed by atoms with Crippen molar-refractivity contribution in [3.63, 3.8) is 0 Å². The smallest absolute Gasteiger partial charge is 0.106 e. The molecule has 0 saturated carbocycles. The topological polar surface area (TPSA) is 51.2 Å². The van der Waals surface area contributed by atoms with Gasteiger partial charge in [-0.2, -0.15) is 11.6 Å². The molecular weight excluding hydrogens is 247 g/mol. The van der Waals surface area contributed by atoms with Gasteiger partial charge in [-0.1, -0.05) is 26.7 Å². The van der Waals surface area contributed by atoms with Crippen molar-refractivity contribution in [3.05, 3.63) is 23.3 Å². The largest absolute Gasteiger partial charge is 0.307 e. The molecular formula is C12H19MnO3-. The molecule has 0 aromatic rings. The zero-order valence-corrected chi connectivity index (χ0v) is 11.1. The van der Waals surface area contributed by atoms with Gasteiger partial charge in [-0.15, -0.1) is 6.42 Å². The predicted molar refractivity (Wildman–Crippen MR) is 61.4 cm³/mol. The predicted octanol–water partition coefficient (Wildman–Crippen LogP) is 2.31. The molecule has 0 atom stereocenters. The fraction of sp³-hybridized carbons (Fsp3) is 0.417. The summed E-state index contributed by atoms with van der Waals surface area (Å²) in [5, 5.41) is 0. The van der Waals surface area contributed by atoms with Gasteiger partial charge in [-0.25, -0.2) is 5.57 Å². The first kappa shape index (κ1) is 24.3. The zero-order chi connectivity index (χ0) is 12.7. The number of carbonyl (C=O) groups is 3. The van der Waals surface area contributed by atoms with Crippen LogP contribution in [-0.4, -0.2) is 20.4 Å². The molecule has 0 fully saturated rings. The van der Waals surface area contributed by atoms with Gasteiger partial charge in [0.15, 0.2) is 0 Å². The molecule has 1 aliphatic carbocycles. The van der Waals surface area contributed by atoms with Crippen LogP contribution < -0.4 is 0 Å². The Morgan fingerprint density at radius 3 is 1.75 bits per heavy atom. The molecule has 93 valence electrons. The van der Waals surface area contributed by atoms with Gasteiger partial charge in [-0.05, 0) is 0 Å². The number of carbonyl (C=O) groups excluding carboxylic acids is 3. The van der Waals surface area contributed by atoms with Crippen LogP contribution in [0.15, 0.2) is 17.2 Å². The van der Waals surface area contributed by atoms with E-state index in [0.717, 1.165) is 12.8 Å². The van der Waals surface area contributed by atoms with Crippen LogP contribution >= 0.6 is 0 Å². The van der Waals surface area contributed by atoms with E-state index < -0.39 is 0 Å². The molecule has 0 bridgehead atoms. The first-order valence-corrected chi connectivity index (χ1v) is 4.54. The quantitative estimate of drug-likeness (QED) is 0.569. The summed E-state index contributed by atoms with van der Waals surface area (Å²) in [5.74, 6) is 0. The molecule has 3 nitrogen and oxygen atoms in total. The van der Waals surface area contributed by atoms with E-state index in [4.69, 9.17) is 14.4 Å². The molecule has 0 heterocycles. The molecule has 0 unspecified atom stereocenters. The van der Waals surface area contributed by atoms with E-state index in [1.165, 1.54) is 17.6 Å². The number of hydrogen-bond acceptors (Lipinski definition) is 3. The number of hydrogen-bond donors (Lipinski definition) is 0. The summed E-state index contributed by atoms with van der Waals surface area (Å²) in [7, 11) is 0. The molecule has 0 aliphatic heterocycles. The van der Waals surface area contributed by atoms with Gasteiger partial charge >= 0.3 is 0 Å². The third-order valence-electron chi connectivity index (χ3n) is 1.79. The molecule has 0 aromatic carbocycles. The van der Waals surface area contributed by atoms with Crippen LogP contribution in [-0.2, 0) is 31.5 Å². The fourth-order valence-corrected chi connectivity index (χ4v) is 1.24. The SMILES string of the molecule is C=O.C=O.C=O.CCC1=[C-]CC=C1CC.[Mn]. The average molecular weight is 266 g/mol. The Bertz CT molecular complexity index is 178. The van der Waals surface area contributed by atoms with Crippen molar-refractivity contribution in [3.8, 4) is 0 Å². The van der Waals surface area contributed by atoms with E-state index in [-0.39, 0.29) is 17.1 Å². The summed E-state index contributed by atoms with van der Waals surface area (Å²) in [5.41, 5.74) is 2.95. The number of rotatable bonds is 2. The fourth-order valence-electron chi connectivity index (χ4n) is 1.24. The molecule has 0 saturated heterocycles. The average Bonchev–Trinajstić information content (AvgIpc) is 2.84. The third kappa shape index (κ3) is 11.1. The first-order chi connectivity index (χ1) is 7.38. The van der Waals surface area contributed by atoms with Crippen LogP contribution in [0.5, 0.6) is 0 Å². The summed E-state index contributed by atoms with van der Waals surface area (Å²) in [6.45, 7) is 10.4. The van der Waals surface area contributed by atoms with Crippen LogP contribution in [0.4, 0.5) is 0 Å². The molecule has 0 spiro atoms. The Hall–Kier alpha value is -0.991. The minimum atomic E-state index is 0. The normalized spacial score (nSPS) is 10.6. The van der Waals surface area contributed by atoms with Gasteiger partial charge in [-0.3, -0.25) is 6.08 Å². The van der Waals surface area contributed by atoms with E-state index in [1.807, 2.05) is 20.4 Å². The van der Waals surface area contributed by atoms with Gasteiger partial charge in [0, 0.05) is 17.1 Å². The molecule has 1 rings (SSSR count). The first-order valence-electron chi connectivity index (χ1n) is 4.54. The standard InChI is InChI=1S/C9H13.3CH2O.Mn/c1-3-8-6-5-7-9(8)4-2;3*1-2;/h6H,3-5H2,1-2H3;3*1H2;/q-1;;;;. The molecule has 16 heavy (non-hydrogen) atoms. The maximum absolute atomic E-state index is 8.00. The van der Waals surface area contributed by atoms with E-state index in [2.05, 4.69) is 26.0 Å². The second kappa shape index (κ2) is 23.7. The summed E-state index contributed by atoms with van der Waals surface area (Å²) >= 11 is 0. The Morgan fingerprint density at radius 2 is 1.50 bits per heavy atom. The molecule has 1 aliphatic rings. The molecule has 4 heteroatoms. The molecule has 0 aromatic heterocycles. The second-order valence-corrected chi connectivity index (χ2v) is 2.30. The summed E-state index contributed by atoms with van der Waals surface area (Å²) < 4.78 is 0. The molecule has 1 radical (unpaired) electrons. The summed E-state index contributed by atoms with van der Waals surface area (Å²) in [4.78, 5) is 24.0. The van der Waals surface area contributed by atoms with Crippen molar-refractivity contribution in [2.45, 2.75) is 33.1 Å². The van der Waals surface area contributed by atoms with Crippen molar-refractivity contribution in [2.75, 3.05) is 0 Å². The van der Waals surface area contributed by atoms with Gasteiger partial charge in [0.25, 0.3) is 0 Å². The Labute approximate surface area is 108 Å². The van der Waals surface area contributed by atoms with E-state index >= 15 is 0 Å². The minimum Gasteiger partial charge on any atom is -0.307 e. The van der Waals surface area contributed by atoms with Crippen LogP contribution in [0.2, 0.25) is 0 Å². The van der Waals surface area contributed by atoms with Crippen LogP contribution in [0.1, 0.15) is 33.1 Å². The Morgan fingerprint density at radius 1 is 1.06 bits per heavy atom. The van der Waals surface area contributed by atoms with Crippen molar-refractivity contribution in [1.82, 2.24) is 0 Å². The van der Waals surface area contributed by atoms with E-state index in [1.54, 1.807) is 0 Å². The Kier molecular flexibility index (Phi) is 35.9. The summed E-state index contributed by atoms with van der Waals surface area (Å²) in [6.07, 6.45) is 8.99. The van der Waals surface area contributed by atoms with Crippen LogP contribution in [0.3, 0.4) is 0 Å². The summed E-state index contributed by atoms with van der Waals surface area (Å²) in [6, 6.07) is 0. The molecule has 0 amide bonds. The van der Waals surface area contributed by atoms with E-state index in [9.17, 15) is 0 Å². The molecule has 0 N–H and O–H groups in total.